The fraction of sp³-hybridized carbons (Fsp3) is 0.278. The van der Waals surface area contributed by atoms with E-state index in [2.05, 4.69) is 0 Å². The van der Waals surface area contributed by atoms with E-state index in [1.807, 2.05) is 0 Å². The van der Waals surface area contributed by atoms with E-state index in [-0.39, 0.29) is 31.9 Å². The third-order valence-electron chi connectivity index (χ3n) is 4.57. The molecule has 1 fully saturated rings. The summed E-state index contributed by atoms with van der Waals surface area (Å²) in [5.41, 5.74) is -2.27. The highest BCUT2D eigenvalue weighted by Gasteiger charge is 2.34. The van der Waals surface area contributed by atoms with Crippen LogP contribution in [0, 0.1) is 21.7 Å². The Hall–Kier alpha value is -3.24. The van der Waals surface area contributed by atoms with Gasteiger partial charge in [0.1, 0.15) is 17.3 Å². The summed E-state index contributed by atoms with van der Waals surface area (Å²) in [5.74, 6) is -2.38. The molecule has 1 heterocycles. The van der Waals surface area contributed by atoms with Crippen LogP contribution in [0.3, 0.4) is 0 Å². The van der Waals surface area contributed by atoms with Crippen LogP contribution in [0.5, 0.6) is 0 Å². The third kappa shape index (κ3) is 4.28. The van der Waals surface area contributed by atoms with Gasteiger partial charge in [0, 0.05) is 32.2 Å². The molecule has 0 aromatic heterocycles. The number of hydrogen-bond donors (Lipinski definition) is 0. The molecular weight excluding hydrogens is 401 g/mol. The maximum Gasteiger partial charge on any atom is 0.416 e. The molecule has 0 spiro atoms. The molecule has 0 unspecified atom stereocenters. The van der Waals surface area contributed by atoms with Crippen LogP contribution < -0.4 is 4.90 Å². The molecule has 0 saturated carbocycles. The molecule has 6 nitrogen and oxygen atoms in total. The highest BCUT2D eigenvalue weighted by atomic mass is 19.4. The molecule has 2 aromatic rings. The highest BCUT2D eigenvalue weighted by Crippen LogP contribution is 2.36. The predicted octanol–water partition coefficient (Wildman–Crippen LogP) is 3.85. The summed E-state index contributed by atoms with van der Waals surface area (Å²) in [5, 5.41) is 11.2. The summed E-state index contributed by atoms with van der Waals surface area (Å²) in [6, 6.07) is 4.74. The van der Waals surface area contributed by atoms with Crippen LogP contribution in [0.4, 0.5) is 33.3 Å². The van der Waals surface area contributed by atoms with Gasteiger partial charge in [-0.25, -0.2) is 8.78 Å². The van der Waals surface area contributed by atoms with E-state index in [0.29, 0.717) is 6.07 Å². The van der Waals surface area contributed by atoms with Gasteiger partial charge in [-0.1, -0.05) is 0 Å². The Morgan fingerprint density at radius 2 is 1.66 bits per heavy atom. The van der Waals surface area contributed by atoms with Crippen molar-refractivity contribution in [2.24, 2.45) is 0 Å². The third-order valence-corrected chi connectivity index (χ3v) is 4.57. The van der Waals surface area contributed by atoms with Gasteiger partial charge in [0.25, 0.3) is 11.6 Å². The van der Waals surface area contributed by atoms with E-state index in [9.17, 15) is 36.9 Å². The van der Waals surface area contributed by atoms with E-state index in [0.717, 1.165) is 30.3 Å². The first-order valence-corrected chi connectivity index (χ1v) is 8.43. The van der Waals surface area contributed by atoms with Crippen LogP contribution in [-0.4, -0.2) is 41.9 Å². The first-order valence-electron chi connectivity index (χ1n) is 8.43. The number of nitro groups is 1. The molecule has 1 aliphatic rings. The van der Waals surface area contributed by atoms with Crippen molar-refractivity contribution in [3.63, 3.8) is 0 Å². The predicted molar refractivity (Wildman–Crippen MR) is 92.6 cm³/mol. The molecule has 2 aromatic carbocycles. The number of halogens is 5. The number of hydrogen-bond acceptors (Lipinski definition) is 4. The maximum atomic E-state index is 13.8. The minimum Gasteiger partial charge on any atom is -0.362 e. The SMILES string of the molecule is O=C(c1cc(F)ccc1F)N1CCN(c2ccc(C(F)(F)F)cc2[N+](=O)[O-])CC1. The number of benzene rings is 2. The smallest absolute Gasteiger partial charge is 0.362 e. The van der Waals surface area contributed by atoms with Crippen LogP contribution >= 0.6 is 0 Å². The monoisotopic (exact) mass is 415 g/mol. The zero-order valence-corrected chi connectivity index (χ0v) is 14.7. The van der Waals surface area contributed by atoms with Crippen LogP contribution in [0.2, 0.25) is 0 Å². The van der Waals surface area contributed by atoms with Crippen LogP contribution in [0.25, 0.3) is 0 Å². The minimum absolute atomic E-state index is 0.00737. The average molecular weight is 415 g/mol. The number of rotatable bonds is 3. The Bertz CT molecular complexity index is 956. The van der Waals surface area contributed by atoms with Crippen molar-refractivity contribution in [3.05, 3.63) is 69.3 Å². The van der Waals surface area contributed by atoms with Crippen molar-refractivity contribution in [2.45, 2.75) is 6.18 Å². The van der Waals surface area contributed by atoms with Gasteiger partial charge >= 0.3 is 6.18 Å². The van der Waals surface area contributed by atoms with E-state index in [1.165, 1.54) is 9.80 Å². The molecule has 154 valence electrons. The molecule has 0 N–H and O–H groups in total. The summed E-state index contributed by atoms with van der Waals surface area (Å²) in [6.07, 6.45) is -4.72. The Labute approximate surface area is 161 Å². The lowest BCUT2D eigenvalue weighted by Crippen LogP contribution is -2.49. The molecule has 11 heteroatoms. The lowest BCUT2D eigenvalue weighted by atomic mass is 10.1. The molecule has 3 rings (SSSR count). The normalized spacial score (nSPS) is 14.8. The number of amides is 1. The zero-order chi connectivity index (χ0) is 21.3. The summed E-state index contributed by atoms with van der Waals surface area (Å²) < 4.78 is 65.6. The lowest BCUT2D eigenvalue weighted by molar-refractivity contribution is -0.384. The molecular formula is C18H14F5N3O3. The van der Waals surface area contributed by atoms with Gasteiger partial charge in [-0.3, -0.25) is 14.9 Å². The number of nitrogens with zero attached hydrogens (tertiary/aromatic N) is 3. The van der Waals surface area contributed by atoms with Gasteiger partial charge in [0.2, 0.25) is 0 Å². The van der Waals surface area contributed by atoms with Crippen molar-refractivity contribution in [3.8, 4) is 0 Å². The van der Waals surface area contributed by atoms with Crippen molar-refractivity contribution >= 4 is 17.3 Å². The topological polar surface area (TPSA) is 66.7 Å². The summed E-state index contributed by atoms with van der Waals surface area (Å²) in [7, 11) is 0. The summed E-state index contributed by atoms with van der Waals surface area (Å²) in [6.45, 7) is 0.226. The first-order chi connectivity index (χ1) is 13.6. The molecule has 1 aliphatic heterocycles. The largest absolute Gasteiger partial charge is 0.416 e. The maximum absolute atomic E-state index is 13.8. The fourth-order valence-corrected chi connectivity index (χ4v) is 3.10. The van der Waals surface area contributed by atoms with E-state index in [4.69, 9.17) is 0 Å². The highest BCUT2D eigenvalue weighted by molar-refractivity contribution is 5.94. The van der Waals surface area contributed by atoms with Crippen molar-refractivity contribution in [1.29, 1.82) is 0 Å². The van der Waals surface area contributed by atoms with E-state index < -0.39 is 45.5 Å². The second kappa shape index (κ2) is 7.64. The van der Waals surface area contributed by atoms with E-state index >= 15 is 0 Å². The van der Waals surface area contributed by atoms with Gasteiger partial charge < -0.3 is 9.80 Å². The summed E-state index contributed by atoms with van der Waals surface area (Å²) >= 11 is 0. The number of anilines is 1. The standard InChI is InChI=1S/C18H14F5N3O3/c19-12-2-3-14(20)13(10-12)17(27)25-7-5-24(6-8-25)15-4-1-11(18(21,22)23)9-16(15)26(28)29/h1-4,9-10H,5-8H2. The number of carbonyl (C=O) groups excluding carboxylic acids is 1. The molecule has 0 aliphatic carbocycles. The first kappa shape index (κ1) is 20.5. The van der Waals surface area contributed by atoms with Crippen LogP contribution in [-0.2, 0) is 6.18 Å². The van der Waals surface area contributed by atoms with Gasteiger partial charge in [-0.2, -0.15) is 13.2 Å². The van der Waals surface area contributed by atoms with Gasteiger partial charge in [0.15, 0.2) is 0 Å². The lowest BCUT2D eigenvalue weighted by Gasteiger charge is -2.36. The molecule has 0 radical (unpaired) electrons. The van der Waals surface area contributed by atoms with Crippen LogP contribution in [0.15, 0.2) is 36.4 Å². The van der Waals surface area contributed by atoms with Crippen LogP contribution in [0.1, 0.15) is 15.9 Å². The number of alkyl halides is 3. The molecule has 0 bridgehead atoms. The van der Waals surface area contributed by atoms with Gasteiger partial charge in [0.05, 0.1) is 16.1 Å². The second-order valence-electron chi connectivity index (χ2n) is 6.36. The zero-order valence-electron chi connectivity index (χ0n) is 14.7. The van der Waals surface area contributed by atoms with Crippen molar-refractivity contribution in [1.82, 2.24) is 4.90 Å². The Kier molecular flexibility index (Phi) is 5.40. The molecule has 1 amide bonds. The number of nitro benzene ring substituents is 1. The van der Waals surface area contributed by atoms with Gasteiger partial charge in [-0.05, 0) is 30.3 Å². The quantitative estimate of drug-likeness (QED) is 0.434. The molecule has 29 heavy (non-hydrogen) atoms. The Morgan fingerprint density at radius 3 is 2.24 bits per heavy atom. The number of carbonyl (C=O) groups is 1. The van der Waals surface area contributed by atoms with E-state index in [1.54, 1.807) is 0 Å². The summed E-state index contributed by atoms with van der Waals surface area (Å²) in [4.78, 5) is 25.5. The van der Waals surface area contributed by atoms with Crippen molar-refractivity contribution in [2.75, 3.05) is 31.1 Å². The Morgan fingerprint density at radius 1 is 1.00 bits per heavy atom. The molecule has 0 atom stereocenters. The number of piperazine rings is 1. The average Bonchev–Trinajstić information content (AvgIpc) is 2.68. The van der Waals surface area contributed by atoms with Crippen molar-refractivity contribution < 1.29 is 31.7 Å². The fourth-order valence-electron chi connectivity index (χ4n) is 3.10. The van der Waals surface area contributed by atoms with Gasteiger partial charge in [-0.15, -0.1) is 0 Å². The Balaban J connectivity index is 1.78. The molecule has 1 saturated heterocycles. The second-order valence-corrected chi connectivity index (χ2v) is 6.36. The minimum atomic E-state index is -4.72.